The van der Waals surface area contributed by atoms with Gasteiger partial charge in [0.2, 0.25) is 5.91 Å². The molecule has 2 heterocycles. The Labute approximate surface area is 166 Å². The van der Waals surface area contributed by atoms with Crippen LogP contribution in [0.25, 0.3) is 0 Å². The first-order valence-electron chi connectivity index (χ1n) is 10.0. The number of hydrogen-bond acceptors (Lipinski definition) is 4. The molecule has 1 atom stereocenters. The van der Waals surface area contributed by atoms with E-state index in [0.29, 0.717) is 26.3 Å². The molecule has 1 saturated heterocycles. The van der Waals surface area contributed by atoms with Gasteiger partial charge in [-0.3, -0.25) is 9.69 Å². The molecule has 148 valence electrons. The molecule has 0 aromatic heterocycles. The number of aryl methyl sites for hydroxylation is 1. The normalized spacial score (nSPS) is 18.9. The van der Waals surface area contributed by atoms with Gasteiger partial charge in [-0.1, -0.05) is 30.3 Å². The summed E-state index contributed by atoms with van der Waals surface area (Å²) in [7, 11) is 1.89. The standard InChI is InChI=1S/C23H28N2O3/c1-17-6-3-4-7-19(17)15-24(2)23(26)16-25-11-5-8-20(25)18-9-10-21-22(14-18)28-13-12-27-21/h3-4,6-7,9-10,14,20H,5,8,11-13,15-16H2,1-2H3. The third-order valence-corrected chi connectivity index (χ3v) is 5.75. The third-order valence-electron chi connectivity index (χ3n) is 5.75. The lowest BCUT2D eigenvalue weighted by Crippen LogP contribution is -2.38. The molecule has 2 aliphatic rings. The van der Waals surface area contributed by atoms with E-state index in [9.17, 15) is 4.79 Å². The summed E-state index contributed by atoms with van der Waals surface area (Å²) in [5, 5.41) is 0. The highest BCUT2D eigenvalue weighted by molar-refractivity contribution is 5.78. The minimum Gasteiger partial charge on any atom is -0.486 e. The van der Waals surface area contributed by atoms with Crippen molar-refractivity contribution >= 4 is 5.91 Å². The highest BCUT2D eigenvalue weighted by atomic mass is 16.6. The molecular weight excluding hydrogens is 352 g/mol. The quantitative estimate of drug-likeness (QED) is 0.795. The molecule has 0 N–H and O–H groups in total. The Morgan fingerprint density at radius 3 is 2.75 bits per heavy atom. The molecule has 28 heavy (non-hydrogen) atoms. The number of amides is 1. The van der Waals surface area contributed by atoms with Gasteiger partial charge < -0.3 is 14.4 Å². The van der Waals surface area contributed by atoms with Gasteiger partial charge >= 0.3 is 0 Å². The number of likely N-dealkylation sites (N-methyl/N-ethyl adjacent to an activating group) is 1. The Morgan fingerprint density at radius 1 is 1.14 bits per heavy atom. The van der Waals surface area contributed by atoms with Crippen molar-refractivity contribution in [3.8, 4) is 11.5 Å². The highest BCUT2D eigenvalue weighted by Gasteiger charge is 2.29. The van der Waals surface area contributed by atoms with Crippen LogP contribution in [0, 0.1) is 6.92 Å². The lowest BCUT2D eigenvalue weighted by atomic mass is 10.0. The fraction of sp³-hybridized carbons (Fsp3) is 0.435. The van der Waals surface area contributed by atoms with Crippen molar-refractivity contribution < 1.29 is 14.3 Å². The van der Waals surface area contributed by atoms with E-state index in [0.717, 1.165) is 30.9 Å². The lowest BCUT2D eigenvalue weighted by Gasteiger charge is -2.28. The third kappa shape index (κ3) is 3.99. The number of rotatable bonds is 5. The van der Waals surface area contributed by atoms with Crippen molar-refractivity contribution in [2.45, 2.75) is 32.4 Å². The van der Waals surface area contributed by atoms with Gasteiger partial charge in [0.1, 0.15) is 13.2 Å². The predicted octanol–water partition coefficient (Wildman–Crippen LogP) is 3.56. The highest BCUT2D eigenvalue weighted by Crippen LogP contribution is 2.37. The first kappa shape index (κ1) is 18.8. The molecule has 0 aliphatic carbocycles. The number of carbonyl (C=O) groups is 1. The number of likely N-dealkylation sites (tertiary alicyclic amines) is 1. The van der Waals surface area contributed by atoms with E-state index in [-0.39, 0.29) is 11.9 Å². The minimum atomic E-state index is 0.160. The molecule has 2 aromatic carbocycles. The summed E-state index contributed by atoms with van der Waals surface area (Å²) in [6, 6.07) is 14.7. The van der Waals surface area contributed by atoms with E-state index in [1.54, 1.807) is 0 Å². The summed E-state index contributed by atoms with van der Waals surface area (Å²) < 4.78 is 11.4. The van der Waals surface area contributed by atoms with Crippen LogP contribution in [-0.2, 0) is 11.3 Å². The van der Waals surface area contributed by atoms with Gasteiger partial charge in [-0.25, -0.2) is 0 Å². The van der Waals surface area contributed by atoms with Gasteiger partial charge in [0, 0.05) is 19.6 Å². The van der Waals surface area contributed by atoms with Crippen molar-refractivity contribution in [1.82, 2.24) is 9.80 Å². The van der Waals surface area contributed by atoms with Gasteiger partial charge in [-0.15, -0.1) is 0 Å². The molecule has 0 radical (unpaired) electrons. The van der Waals surface area contributed by atoms with Crippen molar-refractivity contribution in [2.75, 3.05) is 33.4 Å². The molecule has 2 aromatic rings. The number of ether oxygens (including phenoxy) is 2. The number of nitrogens with zero attached hydrogens (tertiary/aromatic N) is 2. The second kappa shape index (κ2) is 8.23. The molecule has 0 bridgehead atoms. The van der Waals surface area contributed by atoms with Crippen molar-refractivity contribution in [1.29, 1.82) is 0 Å². The maximum Gasteiger partial charge on any atom is 0.236 e. The lowest BCUT2D eigenvalue weighted by molar-refractivity contribution is -0.131. The average Bonchev–Trinajstić information content (AvgIpc) is 3.17. The fourth-order valence-corrected chi connectivity index (χ4v) is 4.09. The molecule has 1 unspecified atom stereocenters. The molecule has 4 rings (SSSR count). The van der Waals surface area contributed by atoms with Gasteiger partial charge in [0.05, 0.1) is 6.54 Å². The van der Waals surface area contributed by atoms with Crippen molar-refractivity contribution in [3.63, 3.8) is 0 Å². The van der Waals surface area contributed by atoms with E-state index >= 15 is 0 Å². The van der Waals surface area contributed by atoms with Crippen LogP contribution in [0.15, 0.2) is 42.5 Å². The Bertz CT molecular complexity index is 851. The Morgan fingerprint density at radius 2 is 1.93 bits per heavy atom. The first-order valence-corrected chi connectivity index (χ1v) is 10.0. The van der Waals surface area contributed by atoms with E-state index < -0.39 is 0 Å². The number of benzene rings is 2. The second-order valence-corrected chi connectivity index (χ2v) is 7.71. The summed E-state index contributed by atoms with van der Waals surface area (Å²) in [4.78, 5) is 17.0. The van der Waals surface area contributed by atoms with Crippen LogP contribution in [-0.4, -0.2) is 49.1 Å². The van der Waals surface area contributed by atoms with Crippen molar-refractivity contribution in [2.24, 2.45) is 0 Å². The van der Waals surface area contributed by atoms with Gasteiger partial charge in [-0.2, -0.15) is 0 Å². The molecule has 1 fully saturated rings. The monoisotopic (exact) mass is 380 g/mol. The summed E-state index contributed by atoms with van der Waals surface area (Å²) >= 11 is 0. The maximum atomic E-state index is 12.9. The van der Waals surface area contributed by atoms with E-state index in [2.05, 4.69) is 36.1 Å². The summed E-state index contributed by atoms with van der Waals surface area (Å²) in [6.07, 6.45) is 2.17. The van der Waals surface area contributed by atoms with Crippen LogP contribution >= 0.6 is 0 Å². The zero-order chi connectivity index (χ0) is 19.5. The van der Waals surface area contributed by atoms with Gasteiger partial charge in [0.25, 0.3) is 0 Å². The second-order valence-electron chi connectivity index (χ2n) is 7.71. The number of carbonyl (C=O) groups excluding carboxylic acids is 1. The summed E-state index contributed by atoms with van der Waals surface area (Å²) in [5.74, 6) is 1.79. The largest absolute Gasteiger partial charge is 0.486 e. The average molecular weight is 380 g/mol. The Kier molecular flexibility index (Phi) is 5.53. The van der Waals surface area contributed by atoms with Crippen LogP contribution in [0.5, 0.6) is 11.5 Å². The van der Waals surface area contributed by atoms with E-state index in [4.69, 9.17) is 9.47 Å². The predicted molar refractivity (Wildman–Crippen MR) is 109 cm³/mol. The zero-order valence-electron chi connectivity index (χ0n) is 16.7. The Hall–Kier alpha value is -2.53. The van der Waals surface area contributed by atoms with Crippen molar-refractivity contribution in [3.05, 3.63) is 59.2 Å². The van der Waals surface area contributed by atoms with Crippen LogP contribution in [0.2, 0.25) is 0 Å². The van der Waals surface area contributed by atoms with E-state index in [1.807, 2.05) is 30.1 Å². The topological polar surface area (TPSA) is 42.0 Å². The maximum absolute atomic E-state index is 12.9. The molecule has 0 saturated carbocycles. The molecular formula is C23H28N2O3. The smallest absolute Gasteiger partial charge is 0.236 e. The number of fused-ring (bicyclic) bond motifs is 1. The van der Waals surface area contributed by atoms with Crippen LogP contribution in [0.4, 0.5) is 0 Å². The van der Waals surface area contributed by atoms with Crippen LogP contribution < -0.4 is 9.47 Å². The molecule has 2 aliphatic heterocycles. The summed E-state index contributed by atoms with van der Waals surface area (Å²) in [6.45, 7) is 5.32. The fourth-order valence-electron chi connectivity index (χ4n) is 4.09. The molecule has 0 spiro atoms. The van der Waals surface area contributed by atoms with Crippen LogP contribution in [0.3, 0.4) is 0 Å². The molecule has 5 heteroatoms. The SMILES string of the molecule is Cc1ccccc1CN(C)C(=O)CN1CCCC1c1ccc2c(c1)OCCO2. The molecule has 1 amide bonds. The zero-order valence-corrected chi connectivity index (χ0v) is 16.7. The number of hydrogen-bond donors (Lipinski definition) is 0. The minimum absolute atomic E-state index is 0.160. The Balaban J connectivity index is 1.42. The van der Waals surface area contributed by atoms with E-state index in [1.165, 1.54) is 16.7 Å². The van der Waals surface area contributed by atoms with Gasteiger partial charge in [-0.05, 0) is 55.1 Å². The van der Waals surface area contributed by atoms with Crippen LogP contribution in [0.1, 0.15) is 35.6 Å². The molecule has 5 nitrogen and oxygen atoms in total. The first-order chi connectivity index (χ1) is 13.6. The van der Waals surface area contributed by atoms with Gasteiger partial charge in [0.15, 0.2) is 11.5 Å². The summed E-state index contributed by atoms with van der Waals surface area (Å²) in [5.41, 5.74) is 3.62.